The van der Waals surface area contributed by atoms with E-state index < -0.39 is 11.4 Å². The Morgan fingerprint density at radius 1 is 1.56 bits per heavy atom. The zero-order chi connectivity index (χ0) is 11.8. The molecule has 0 spiro atoms. The van der Waals surface area contributed by atoms with Crippen LogP contribution in [0.15, 0.2) is 22.7 Å². The first kappa shape index (κ1) is 11.5. The number of hydrogen-bond donors (Lipinski definition) is 2. The van der Waals surface area contributed by atoms with E-state index in [1.54, 1.807) is 0 Å². The van der Waals surface area contributed by atoms with Crippen LogP contribution < -0.4 is 5.32 Å². The SMILES string of the molecule is Cc1cc(NCC2(C(=O)O)CC2)ccc1Br. The molecule has 0 radical (unpaired) electrons. The molecule has 2 rings (SSSR count). The highest BCUT2D eigenvalue weighted by molar-refractivity contribution is 9.10. The van der Waals surface area contributed by atoms with Crippen LogP contribution >= 0.6 is 15.9 Å². The first-order valence-electron chi connectivity index (χ1n) is 5.27. The minimum Gasteiger partial charge on any atom is -0.481 e. The van der Waals surface area contributed by atoms with Crippen LogP contribution in [0.4, 0.5) is 5.69 Å². The summed E-state index contributed by atoms with van der Waals surface area (Å²) in [5, 5.41) is 12.2. The van der Waals surface area contributed by atoms with E-state index in [-0.39, 0.29) is 0 Å². The number of nitrogens with one attached hydrogen (secondary N) is 1. The van der Waals surface area contributed by atoms with Gasteiger partial charge in [-0.15, -0.1) is 0 Å². The summed E-state index contributed by atoms with van der Waals surface area (Å²) in [5.74, 6) is -0.686. The highest BCUT2D eigenvalue weighted by Gasteiger charge is 2.49. The Hall–Kier alpha value is -1.03. The number of benzene rings is 1. The van der Waals surface area contributed by atoms with Gasteiger partial charge in [0.1, 0.15) is 0 Å². The van der Waals surface area contributed by atoms with Gasteiger partial charge in [0.15, 0.2) is 0 Å². The minimum atomic E-state index is -0.686. The van der Waals surface area contributed by atoms with Gasteiger partial charge in [-0.05, 0) is 43.5 Å². The summed E-state index contributed by atoms with van der Waals surface area (Å²) in [4.78, 5) is 11.0. The molecule has 1 aliphatic rings. The molecule has 0 unspecified atom stereocenters. The summed E-state index contributed by atoms with van der Waals surface area (Å²) in [7, 11) is 0. The summed E-state index contributed by atoms with van der Waals surface area (Å²) >= 11 is 3.43. The smallest absolute Gasteiger partial charge is 0.311 e. The van der Waals surface area contributed by atoms with Crippen molar-refractivity contribution in [1.82, 2.24) is 0 Å². The lowest BCUT2D eigenvalue weighted by molar-refractivity contribution is -0.142. The van der Waals surface area contributed by atoms with Gasteiger partial charge in [-0.2, -0.15) is 0 Å². The number of anilines is 1. The molecule has 1 aromatic carbocycles. The van der Waals surface area contributed by atoms with Crippen LogP contribution in [0.25, 0.3) is 0 Å². The summed E-state index contributed by atoms with van der Waals surface area (Å²) in [6.07, 6.45) is 1.57. The molecule has 0 atom stereocenters. The Kier molecular flexibility index (Phi) is 2.93. The molecule has 0 heterocycles. The van der Waals surface area contributed by atoms with Gasteiger partial charge >= 0.3 is 5.97 Å². The summed E-state index contributed by atoms with van der Waals surface area (Å²) in [6.45, 7) is 2.53. The van der Waals surface area contributed by atoms with Crippen LogP contribution in [0.3, 0.4) is 0 Å². The second-order valence-corrected chi connectivity index (χ2v) is 5.26. The van der Waals surface area contributed by atoms with E-state index in [0.717, 1.165) is 28.6 Å². The van der Waals surface area contributed by atoms with E-state index in [0.29, 0.717) is 6.54 Å². The van der Waals surface area contributed by atoms with Crippen molar-refractivity contribution in [2.24, 2.45) is 5.41 Å². The Bertz CT molecular complexity index is 427. The van der Waals surface area contributed by atoms with Crippen molar-refractivity contribution in [3.8, 4) is 0 Å². The van der Waals surface area contributed by atoms with Crippen molar-refractivity contribution in [3.63, 3.8) is 0 Å². The molecule has 0 amide bonds. The van der Waals surface area contributed by atoms with Crippen molar-refractivity contribution < 1.29 is 9.90 Å². The van der Waals surface area contributed by atoms with E-state index in [1.165, 1.54) is 0 Å². The lowest BCUT2D eigenvalue weighted by atomic mass is 10.1. The highest BCUT2D eigenvalue weighted by atomic mass is 79.9. The Morgan fingerprint density at radius 2 is 2.25 bits per heavy atom. The maximum Gasteiger partial charge on any atom is 0.311 e. The average molecular weight is 284 g/mol. The van der Waals surface area contributed by atoms with Crippen molar-refractivity contribution in [1.29, 1.82) is 0 Å². The largest absolute Gasteiger partial charge is 0.481 e. The van der Waals surface area contributed by atoms with Gasteiger partial charge in [-0.25, -0.2) is 0 Å². The van der Waals surface area contributed by atoms with Gasteiger partial charge in [0.2, 0.25) is 0 Å². The fraction of sp³-hybridized carbons (Fsp3) is 0.417. The quantitative estimate of drug-likeness (QED) is 0.893. The number of aliphatic carboxylic acids is 1. The van der Waals surface area contributed by atoms with Gasteiger partial charge in [0, 0.05) is 16.7 Å². The Morgan fingerprint density at radius 3 is 2.75 bits per heavy atom. The lowest BCUT2D eigenvalue weighted by Gasteiger charge is -2.13. The van der Waals surface area contributed by atoms with Crippen molar-refractivity contribution in [2.45, 2.75) is 19.8 Å². The molecular formula is C12H14BrNO2. The number of halogens is 1. The summed E-state index contributed by atoms with van der Waals surface area (Å²) < 4.78 is 1.07. The van der Waals surface area contributed by atoms with E-state index in [4.69, 9.17) is 5.11 Å². The predicted octanol–water partition coefficient (Wildman–Crippen LogP) is 3.03. The zero-order valence-electron chi connectivity index (χ0n) is 9.09. The topological polar surface area (TPSA) is 49.3 Å². The van der Waals surface area contributed by atoms with E-state index in [1.807, 2.05) is 25.1 Å². The third-order valence-electron chi connectivity index (χ3n) is 3.10. The van der Waals surface area contributed by atoms with Gasteiger partial charge in [0.05, 0.1) is 5.41 Å². The van der Waals surface area contributed by atoms with Crippen LogP contribution in [0.2, 0.25) is 0 Å². The number of carbonyl (C=O) groups is 1. The standard InChI is InChI=1S/C12H14BrNO2/c1-8-6-9(2-3-10(8)13)14-7-12(4-5-12)11(15)16/h2-3,6,14H,4-5,7H2,1H3,(H,15,16). The second kappa shape index (κ2) is 4.09. The number of rotatable bonds is 4. The zero-order valence-corrected chi connectivity index (χ0v) is 10.7. The van der Waals surface area contributed by atoms with Crippen LogP contribution in [0, 0.1) is 12.3 Å². The summed E-state index contributed by atoms with van der Waals surface area (Å²) in [6, 6.07) is 5.94. The first-order valence-corrected chi connectivity index (χ1v) is 6.06. The maximum absolute atomic E-state index is 11.0. The maximum atomic E-state index is 11.0. The van der Waals surface area contributed by atoms with Gasteiger partial charge in [-0.1, -0.05) is 15.9 Å². The third-order valence-corrected chi connectivity index (χ3v) is 3.99. The fourth-order valence-electron chi connectivity index (χ4n) is 1.64. The average Bonchev–Trinajstić information content (AvgIpc) is 3.01. The van der Waals surface area contributed by atoms with E-state index >= 15 is 0 Å². The van der Waals surface area contributed by atoms with E-state index in [9.17, 15) is 4.79 Å². The normalized spacial score (nSPS) is 16.9. The van der Waals surface area contributed by atoms with Crippen molar-refractivity contribution >= 4 is 27.6 Å². The molecule has 0 aliphatic heterocycles. The molecule has 0 bridgehead atoms. The van der Waals surface area contributed by atoms with Crippen LogP contribution in [-0.2, 0) is 4.79 Å². The van der Waals surface area contributed by atoms with Crippen LogP contribution in [0.5, 0.6) is 0 Å². The molecule has 86 valence electrons. The van der Waals surface area contributed by atoms with Gasteiger partial charge in [0.25, 0.3) is 0 Å². The van der Waals surface area contributed by atoms with Gasteiger partial charge < -0.3 is 10.4 Å². The molecule has 2 N–H and O–H groups in total. The monoisotopic (exact) mass is 283 g/mol. The molecule has 1 aliphatic carbocycles. The molecule has 16 heavy (non-hydrogen) atoms. The van der Waals surface area contributed by atoms with Crippen molar-refractivity contribution in [2.75, 3.05) is 11.9 Å². The fourth-order valence-corrected chi connectivity index (χ4v) is 1.89. The Labute approximate surface area is 103 Å². The molecule has 0 aromatic heterocycles. The van der Waals surface area contributed by atoms with Crippen LogP contribution in [0.1, 0.15) is 18.4 Å². The minimum absolute atomic E-state index is 0.513. The molecule has 4 heteroatoms. The second-order valence-electron chi connectivity index (χ2n) is 4.40. The number of hydrogen-bond acceptors (Lipinski definition) is 2. The summed E-state index contributed by atoms with van der Waals surface area (Å²) in [5.41, 5.74) is 1.61. The molecule has 1 aromatic rings. The predicted molar refractivity (Wildman–Crippen MR) is 66.7 cm³/mol. The Balaban J connectivity index is 2.00. The number of carboxylic acids is 1. The highest BCUT2D eigenvalue weighted by Crippen LogP contribution is 2.45. The molecule has 1 fully saturated rings. The van der Waals surface area contributed by atoms with Crippen LogP contribution in [-0.4, -0.2) is 17.6 Å². The molecule has 0 saturated heterocycles. The lowest BCUT2D eigenvalue weighted by Crippen LogP contribution is -2.24. The first-order chi connectivity index (χ1) is 7.53. The number of carboxylic acid groups (broad SMARTS) is 1. The molecular weight excluding hydrogens is 270 g/mol. The molecule has 1 saturated carbocycles. The molecule has 3 nitrogen and oxygen atoms in total. The number of aryl methyl sites for hydroxylation is 1. The van der Waals surface area contributed by atoms with Gasteiger partial charge in [-0.3, -0.25) is 4.79 Å². The third kappa shape index (κ3) is 2.21. The van der Waals surface area contributed by atoms with Crippen molar-refractivity contribution in [3.05, 3.63) is 28.2 Å². The van der Waals surface area contributed by atoms with E-state index in [2.05, 4.69) is 21.2 Å².